The van der Waals surface area contributed by atoms with Crippen LogP contribution < -0.4 is 15.1 Å². The summed E-state index contributed by atoms with van der Waals surface area (Å²) in [6.07, 6.45) is 8.33. The van der Waals surface area contributed by atoms with Gasteiger partial charge in [-0.15, -0.1) is 0 Å². The van der Waals surface area contributed by atoms with Crippen molar-refractivity contribution in [2.75, 3.05) is 43.2 Å². The van der Waals surface area contributed by atoms with Crippen LogP contribution in [0.3, 0.4) is 0 Å². The highest BCUT2D eigenvalue weighted by molar-refractivity contribution is 5.75. The topological polar surface area (TPSA) is 110 Å². The molecule has 2 aliphatic rings. The molecule has 4 heterocycles. The second kappa shape index (κ2) is 10.2. The predicted octanol–water partition coefficient (Wildman–Crippen LogP) is 2.88. The van der Waals surface area contributed by atoms with Crippen LogP contribution in [0.25, 0.3) is 0 Å². The number of aromatic nitrogens is 3. The Hall–Kier alpha value is -3.27. The van der Waals surface area contributed by atoms with E-state index in [0.717, 1.165) is 29.9 Å². The van der Waals surface area contributed by atoms with Gasteiger partial charge in [0.1, 0.15) is 5.76 Å². The Morgan fingerprint density at radius 2 is 2.06 bits per heavy atom. The Labute approximate surface area is 181 Å². The fourth-order valence-electron chi connectivity index (χ4n) is 3.14. The summed E-state index contributed by atoms with van der Waals surface area (Å²) >= 11 is 0. The molecule has 0 bridgehead atoms. The van der Waals surface area contributed by atoms with Crippen molar-refractivity contribution < 1.29 is 13.9 Å². The van der Waals surface area contributed by atoms with Gasteiger partial charge < -0.3 is 18.8 Å². The molecule has 2 aromatic heterocycles. The van der Waals surface area contributed by atoms with E-state index in [1.54, 1.807) is 0 Å². The van der Waals surface area contributed by atoms with Gasteiger partial charge in [-0.1, -0.05) is 6.08 Å². The van der Waals surface area contributed by atoms with Gasteiger partial charge in [-0.25, -0.2) is 5.43 Å². The third-order valence-electron chi connectivity index (χ3n) is 4.96. The molecule has 0 saturated carbocycles. The first kappa shape index (κ1) is 21.0. The average molecular weight is 425 g/mol. The number of furan rings is 1. The molecule has 2 aliphatic heterocycles. The number of anilines is 2. The van der Waals surface area contributed by atoms with E-state index in [4.69, 9.17) is 13.9 Å². The van der Waals surface area contributed by atoms with Gasteiger partial charge in [-0.3, -0.25) is 4.99 Å². The number of morpholine rings is 1. The van der Waals surface area contributed by atoms with Crippen molar-refractivity contribution in [2.45, 2.75) is 33.1 Å². The molecule has 0 amide bonds. The van der Waals surface area contributed by atoms with Gasteiger partial charge >= 0.3 is 6.01 Å². The molecule has 2 aromatic rings. The molecule has 1 fully saturated rings. The first-order chi connectivity index (χ1) is 15.2. The Morgan fingerprint density at radius 3 is 2.81 bits per heavy atom. The molecule has 0 spiro atoms. The maximum Gasteiger partial charge on any atom is 0.321 e. The molecule has 4 rings (SSSR count). The van der Waals surface area contributed by atoms with Gasteiger partial charge in [0.2, 0.25) is 11.8 Å². The van der Waals surface area contributed by atoms with Gasteiger partial charge in [0.15, 0.2) is 5.82 Å². The van der Waals surface area contributed by atoms with Crippen LogP contribution in [-0.4, -0.2) is 60.3 Å². The zero-order chi connectivity index (χ0) is 21.5. The standard InChI is InChI=1S/C21H27N7O3/c1-15-13-19(31-16(15)2)27-23-14-18-24-20(28-8-11-29-12-9-28)26-21(25-18)30-10-6-17-5-3-4-7-22-17/h5,7,13-14,27H,3-4,6,8-12H2,1-2H3/b23-14+. The summed E-state index contributed by atoms with van der Waals surface area (Å²) in [5.74, 6) is 2.36. The van der Waals surface area contributed by atoms with Crippen molar-refractivity contribution in [1.82, 2.24) is 15.0 Å². The normalized spacial score (nSPS) is 16.6. The second-order valence-electron chi connectivity index (χ2n) is 7.28. The molecule has 1 saturated heterocycles. The highest BCUT2D eigenvalue weighted by Crippen LogP contribution is 2.18. The summed E-state index contributed by atoms with van der Waals surface area (Å²) in [7, 11) is 0. The number of allylic oxidation sites excluding steroid dienone is 1. The number of hydrogen-bond acceptors (Lipinski definition) is 10. The molecule has 0 aromatic carbocycles. The number of aliphatic imine (C=N–C) groups is 1. The van der Waals surface area contributed by atoms with Crippen LogP contribution in [-0.2, 0) is 4.74 Å². The van der Waals surface area contributed by atoms with E-state index in [9.17, 15) is 0 Å². The zero-order valence-electron chi connectivity index (χ0n) is 17.9. The summed E-state index contributed by atoms with van der Waals surface area (Å²) in [6, 6.07) is 2.15. The predicted molar refractivity (Wildman–Crippen MR) is 118 cm³/mol. The summed E-state index contributed by atoms with van der Waals surface area (Å²) < 4.78 is 16.8. The van der Waals surface area contributed by atoms with Gasteiger partial charge in [0, 0.05) is 37.5 Å². The molecule has 164 valence electrons. The van der Waals surface area contributed by atoms with Crippen LogP contribution in [0.5, 0.6) is 6.01 Å². The smallest absolute Gasteiger partial charge is 0.321 e. The van der Waals surface area contributed by atoms with Crippen molar-refractivity contribution >= 4 is 24.3 Å². The minimum atomic E-state index is 0.267. The van der Waals surface area contributed by atoms with E-state index in [0.29, 0.717) is 57.0 Å². The lowest BCUT2D eigenvalue weighted by atomic mass is 10.2. The van der Waals surface area contributed by atoms with Crippen molar-refractivity contribution in [2.24, 2.45) is 10.1 Å². The van der Waals surface area contributed by atoms with Crippen molar-refractivity contribution in [3.63, 3.8) is 0 Å². The fourth-order valence-corrected chi connectivity index (χ4v) is 3.14. The Balaban J connectivity index is 1.45. The number of aryl methyl sites for hydroxylation is 2. The van der Waals surface area contributed by atoms with E-state index >= 15 is 0 Å². The summed E-state index contributed by atoms with van der Waals surface area (Å²) in [5.41, 5.74) is 4.95. The summed E-state index contributed by atoms with van der Waals surface area (Å²) in [4.78, 5) is 19.8. The van der Waals surface area contributed by atoms with E-state index in [2.05, 4.69) is 41.4 Å². The number of nitrogens with one attached hydrogen (secondary N) is 1. The number of hydrogen-bond donors (Lipinski definition) is 1. The minimum absolute atomic E-state index is 0.267. The van der Waals surface area contributed by atoms with E-state index in [-0.39, 0.29) is 6.01 Å². The van der Waals surface area contributed by atoms with Gasteiger partial charge in [-0.2, -0.15) is 20.1 Å². The maximum atomic E-state index is 5.83. The van der Waals surface area contributed by atoms with Gasteiger partial charge in [0.05, 0.1) is 26.0 Å². The number of nitrogens with zero attached hydrogens (tertiary/aromatic N) is 6. The third kappa shape index (κ3) is 5.88. The second-order valence-corrected chi connectivity index (χ2v) is 7.28. The minimum Gasteiger partial charge on any atom is -0.463 e. The van der Waals surface area contributed by atoms with Crippen molar-refractivity contribution in [1.29, 1.82) is 0 Å². The zero-order valence-corrected chi connectivity index (χ0v) is 17.9. The van der Waals surface area contributed by atoms with Crippen LogP contribution in [0.1, 0.15) is 36.4 Å². The maximum absolute atomic E-state index is 5.83. The molecule has 10 nitrogen and oxygen atoms in total. The quantitative estimate of drug-likeness (QED) is 0.508. The lowest BCUT2D eigenvalue weighted by molar-refractivity contribution is 0.122. The van der Waals surface area contributed by atoms with Gasteiger partial charge in [0.25, 0.3) is 0 Å². The lowest BCUT2D eigenvalue weighted by Gasteiger charge is -2.26. The Morgan fingerprint density at radius 1 is 1.19 bits per heavy atom. The van der Waals surface area contributed by atoms with E-state index < -0.39 is 0 Å². The third-order valence-corrected chi connectivity index (χ3v) is 4.96. The highest BCUT2D eigenvalue weighted by Gasteiger charge is 2.17. The van der Waals surface area contributed by atoms with Crippen LogP contribution in [0.4, 0.5) is 11.8 Å². The molecule has 1 N–H and O–H groups in total. The molecular formula is C21H27N7O3. The molecule has 31 heavy (non-hydrogen) atoms. The van der Waals surface area contributed by atoms with Gasteiger partial charge in [-0.05, 0) is 32.3 Å². The van der Waals surface area contributed by atoms with Crippen molar-refractivity contribution in [3.05, 3.63) is 35.0 Å². The van der Waals surface area contributed by atoms with E-state index in [1.165, 1.54) is 6.21 Å². The number of rotatable bonds is 8. The molecule has 0 atom stereocenters. The highest BCUT2D eigenvalue weighted by atomic mass is 16.5. The summed E-state index contributed by atoms with van der Waals surface area (Å²) in [6.45, 7) is 7.02. The first-order valence-electron chi connectivity index (χ1n) is 10.5. The summed E-state index contributed by atoms with van der Waals surface area (Å²) in [5, 5.41) is 4.20. The SMILES string of the molecule is Cc1cc(N/N=C/c2nc(OCCC3=CCCC=N3)nc(N3CCOCC3)n2)oc1C. The number of hydrazone groups is 1. The van der Waals surface area contributed by atoms with Crippen LogP contribution in [0, 0.1) is 13.8 Å². The van der Waals surface area contributed by atoms with Crippen LogP contribution in [0.15, 0.2) is 32.4 Å². The Kier molecular flexibility index (Phi) is 6.88. The lowest BCUT2D eigenvalue weighted by Crippen LogP contribution is -2.37. The first-order valence-corrected chi connectivity index (χ1v) is 10.5. The van der Waals surface area contributed by atoms with Crippen LogP contribution >= 0.6 is 0 Å². The molecule has 0 aliphatic carbocycles. The Bertz CT molecular complexity index is 958. The molecule has 0 unspecified atom stereocenters. The fraction of sp³-hybridized carbons (Fsp3) is 0.476. The molecular weight excluding hydrogens is 398 g/mol. The number of ether oxygens (including phenoxy) is 2. The van der Waals surface area contributed by atoms with Crippen molar-refractivity contribution in [3.8, 4) is 6.01 Å². The largest absolute Gasteiger partial charge is 0.463 e. The average Bonchev–Trinajstić information content (AvgIpc) is 3.12. The molecule has 0 radical (unpaired) electrons. The van der Waals surface area contributed by atoms with E-state index in [1.807, 2.05) is 26.1 Å². The molecule has 10 heteroatoms. The monoisotopic (exact) mass is 425 g/mol. The van der Waals surface area contributed by atoms with Crippen LogP contribution in [0.2, 0.25) is 0 Å².